The minimum atomic E-state index is 0.121. The van der Waals surface area contributed by atoms with E-state index < -0.39 is 0 Å². The highest BCUT2D eigenvalue weighted by Crippen LogP contribution is 2.20. The second-order valence-electron chi connectivity index (χ2n) is 5.40. The van der Waals surface area contributed by atoms with Crippen LogP contribution in [0.2, 0.25) is 0 Å². The monoisotopic (exact) mass is 215 g/mol. The Morgan fingerprint density at radius 3 is 2.47 bits per heavy atom. The molecule has 0 spiro atoms. The first-order valence-corrected chi connectivity index (χ1v) is 5.75. The quantitative estimate of drug-likeness (QED) is 0.713. The highest BCUT2D eigenvalue weighted by molar-refractivity contribution is 5.76. The predicted octanol–water partition coefficient (Wildman–Crippen LogP) is 2.09. The number of hydrogen-bond donors (Lipinski definition) is 2. The van der Waals surface area contributed by atoms with E-state index in [4.69, 9.17) is 5.11 Å². The summed E-state index contributed by atoms with van der Waals surface area (Å²) in [6.45, 7) is 8.58. The van der Waals surface area contributed by atoms with Crippen molar-refractivity contribution in [1.82, 2.24) is 5.32 Å². The van der Waals surface area contributed by atoms with Crippen LogP contribution in [0.1, 0.15) is 53.4 Å². The van der Waals surface area contributed by atoms with Gasteiger partial charge in [0.1, 0.15) is 0 Å². The Kier molecular flexibility index (Phi) is 6.57. The second kappa shape index (κ2) is 6.83. The molecule has 0 saturated carbocycles. The van der Waals surface area contributed by atoms with Gasteiger partial charge in [0.25, 0.3) is 0 Å². The van der Waals surface area contributed by atoms with Gasteiger partial charge in [-0.05, 0) is 31.6 Å². The molecule has 1 amide bonds. The molecule has 0 heterocycles. The molecule has 0 fully saturated rings. The highest BCUT2D eigenvalue weighted by atomic mass is 16.2. The lowest BCUT2D eigenvalue weighted by molar-refractivity contribution is -0.122. The van der Waals surface area contributed by atoms with Crippen LogP contribution < -0.4 is 5.32 Å². The Balaban J connectivity index is 3.64. The van der Waals surface area contributed by atoms with Crippen LogP contribution in [0.5, 0.6) is 0 Å². The van der Waals surface area contributed by atoms with Crippen LogP contribution in [0.4, 0.5) is 0 Å². The van der Waals surface area contributed by atoms with E-state index in [1.807, 2.05) is 6.92 Å². The summed E-state index contributed by atoms with van der Waals surface area (Å²) < 4.78 is 0. The third-order valence-corrected chi connectivity index (χ3v) is 2.30. The predicted molar refractivity (Wildman–Crippen MR) is 62.6 cm³/mol. The fourth-order valence-electron chi connectivity index (χ4n) is 1.31. The van der Waals surface area contributed by atoms with E-state index in [1.54, 1.807) is 0 Å². The van der Waals surface area contributed by atoms with Gasteiger partial charge in [-0.3, -0.25) is 4.79 Å². The average Bonchev–Trinajstić information content (AvgIpc) is 2.10. The van der Waals surface area contributed by atoms with Crippen LogP contribution in [0.25, 0.3) is 0 Å². The van der Waals surface area contributed by atoms with Crippen molar-refractivity contribution in [2.75, 3.05) is 6.61 Å². The van der Waals surface area contributed by atoms with Gasteiger partial charge >= 0.3 is 0 Å². The summed E-state index contributed by atoms with van der Waals surface area (Å²) in [4.78, 5) is 11.5. The van der Waals surface area contributed by atoms with Gasteiger partial charge in [0, 0.05) is 19.1 Å². The Labute approximate surface area is 93.3 Å². The normalized spacial score (nSPS) is 13.7. The molecule has 0 aromatic rings. The van der Waals surface area contributed by atoms with Crippen molar-refractivity contribution in [3.63, 3.8) is 0 Å². The first kappa shape index (κ1) is 14.4. The number of carbonyl (C=O) groups excluding carboxylic acids is 1. The summed E-state index contributed by atoms with van der Waals surface area (Å²) in [6, 6.07) is 0.171. The zero-order chi connectivity index (χ0) is 11.9. The summed E-state index contributed by atoms with van der Waals surface area (Å²) in [7, 11) is 0. The van der Waals surface area contributed by atoms with Gasteiger partial charge < -0.3 is 10.4 Å². The number of aliphatic hydroxyl groups excluding tert-OH is 1. The third-order valence-electron chi connectivity index (χ3n) is 2.30. The average molecular weight is 215 g/mol. The number of hydrogen-bond acceptors (Lipinski definition) is 2. The minimum Gasteiger partial charge on any atom is -0.396 e. The number of carbonyl (C=O) groups is 1. The molecule has 2 N–H and O–H groups in total. The molecular formula is C12H25NO2. The van der Waals surface area contributed by atoms with Crippen LogP contribution in [-0.2, 0) is 4.79 Å². The van der Waals surface area contributed by atoms with Crippen molar-refractivity contribution in [3.05, 3.63) is 0 Å². The zero-order valence-corrected chi connectivity index (χ0v) is 10.5. The third kappa shape index (κ3) is 9.73. The van der Waals surface area contributed by atoms with Crippen LogP contribution in [0.15, 0.2) is 0 Å². The molecule has 3 nitrogen and oxygen atoms in total. The molecule has 90 valence electrons. The molecule has 1 atom stereocenters. The minimum absolute atomic E-state index is 0.121. The fraction of sp³-hybridized carbons (Fsp3) is 0.917. The van der Waals surface area contributed by atoms with Crippen LogP contribution >= 0.6 is 0 Å². The number of rotatable bonds is 6. The van der Waals surface area contributed by atoms with E-state index in [1.165, 1.54) is 0 Å². The van der Waals surface area contributed by atoms with Crippen molar-refractivity contribution in [2.24, 2.45) is 5.41 Å². The van der Waals surface area contributed by atoms with Crippen molar-refractivity contribution in [1.29, 1.82) is 0 Å². The zero-order valence-electron chi connectivity index (χ0n) is 10.5. The molecule has 0 aromatic carbocycles. The summed E-state index contributed by atoms with van der Waals surface area (Å²) >= 11 is 0. The molecule has 0 aliphatic heterocycles. The fourth-order valence-corrected chi connectivity index (χ4v) is 1.31. The molecule has 0 saturated heterocycles. The molecule has 15 heavy (non-hydrogen) atoms. The summed E-state index contributed by atoms with van der Waals surface area (Å²) in [5.41, 5.74) is 0.214. The molecule has 0 rings (SSSR count). The maximum atomic E-state index is 11.5. The molecule has 0 bridgehead atoms. The Bertz CT molecular complexity index is 185. The number of amides is 1. The Hall–Kier alpha value is -0.570. The van der Waals surface area contributed by atoms with Gasteiger partial charge in [-0.2, -0.15) is 0 Å². The van der Waals surface area contributed by atoms with Gasteiger partial charge in [-0.1, -0.05) is 20.8 Å². The topological polar surface area (TPSA) is 49.3 Å². The lowest BCUT2D eigenvalue weighted by atomic mass is 9.90. The van der Waals surface area contributed by atoms with Crippen molar-refractivity contribution in [3.8, 4) is 0 Å². The maximum Gasteiger partial charge on any atom is 0.220 e. The molecule has 0 aliphatic rings. The number of aliphatic hydroxyl groups is 1. The van der Waals surface area contributed by atoms with Gasteiger partial charge in [0.05, 0.1) is 0 Å². The van der Waals surface area contributed by atoms with E-state index in [9.17, 15) is 4.79 Å². The van der Waals surface area contributed by atoms with E-state index in [-0.39, 0.29) is 24.0 Å². The molecule has 0 aliphatic carbocycles. The summed E-state index contributed by atoms with van der Waals surface area (Å²) in [5.74, 6) is 0.121. The molecule has 3 heteroatoms. The summed E-state index contributed by atoms with van der Waals surface area (Å²) in [6.07, 6.45) is 3.09. The molecule has 0 aromatic heterocycles. The van der Waals surface area contributed by atoms with Crippen molar-refractivity contribution in [2.45, 2.75) is 59.4 Å². The molecule has 0 radical (unpaired) electrons. The van der Waals surface area contributed by atoms with Crippen LogP contribution in [-0.4, -0.2) is 23.7 Å². The van der Waals surface area contributed by atoms with Crippen molar-refractivity contribution >= 4 is 5.91 Å². The molecular weight excluding hydrogens is 190 g/mol. The summed E-state index contributed by atoms with van der Waals surface area (Å²) in [5, 5.41) is 11.6. The standard InChI is InChI=1S/C12H25NO2/c1-10(6-5-9-14)13-11(15)7-8-12(2,3)4/h10,14H,5-9H2,1-4H3,(H,13,15). The van der Waals surface area contributed by atoms with E-state index >= 15 is 0 Å². The van der Waals surface area contributed by atoms with E-state index in [2.05, 4.69) is 26.1 Å². The Morgan fingerprint density at radius 1 is 1.40 bits per heavy atom. The largest absolute Gasteiger partial charge is 0.396 e. The second-order valence-corrected chi connectivity index (χ2v) is 5.40. The van der Waals surface area contributed by atoms with E-state index in [0.29, 0.717) is 6.42 Å². The van der Waals surface area contributed by atoms with Gasteiger partial charge in [-0.25, -0.2) is 0 Å². The van der Waals surface area contributed by atoms with Crippen LogP contribution in [0, 0.1) is 5.41 Å². The first-order valence-electron chi connectivity index (χ1n) is 5.75. The van der Waals surface area contributed by atoms with Gasteiger partial charge in [0.2, 0.25) is 5.91 Å². The number of nitrogens with one attached hydrogen (secondary N) is 1. The first-order chi connectivity index (χ1) is 6.85. The van der Waals surface area contributed by atoms with Gasteiger partial charge in [0.15, 0.2) is 0 Å². The molecule has 1 unspecified atom stereocenters. The lowest BCUT2D eigenvalue weighted by Crippen LogP contribution is -2.33. The SMILES string of the molecule is CC(CCCO)NC(=O)CCC(C)(C)C. The Morgan fingerprint density at radius 2 is 2.00 bits per heavy atom. The highest BCUT2D eigenvalue weighted by Gasteiger charge is 2.13. The van der Waals surface area contributed by atoms with Gasteiger partial charge in [-0.15, -0.1) is 0 Å². The van der Waals surface area contributed by atoms with Crippen LogP contribution in [0.3, 0.4) is 0 Å². The smallest absolute Gasteiger partial charge is 0.220 e. The maximum absolute atomic E-state index is 11.5. The lowest BCUT2D eigenvalue weighted by Gasteiger charge is -2.19. The van der Waals surface area contributed by atoms with Crippen molar-refractivity contribution < 1.29 is 9.90 Å². The van der Waals surface area contributed by atoms with E-state index in [0.717, 1.165) is 19.3 Å².